The number of ketones is 1. The van der Waals surface area contributed by atoms with Gasteiger partial charge in [0.1, 0.15) is 0 Å². The molecule has 1 saturated heterocycles. The summed E-state index contributed by atoms with van der Waals surface area (Å²) in [4.78, 5) is 18.8. The molecule has 0 spiro atoms. The highest BCUT2D eigenvalue weighted by Gasteiger charge is 2.20. The molecule has 0 saturated carbocycles. The Morgan fingerprint density at radius 3 is 2.67 bits per heavy atom. The second-order valence-electron chi connectivity index (χ2n) is 5.71. The summed E-state index contributed by atoms with van der Waals surface area (Å²) in [5.74, 6) is 0.835. The number of rotatable bonds is 4. The van der Waals surface area contributed by atoms with Crippen molar-refractivity contribution >= 4 is 17.1 Å². The smallest absolute Gasteiger partial charge is 0.169 e. The highest BCUT2D eigenvalue weighted by atomic mass is 32.1. The molecular weight excluding hydrogens is 280 g/mol. The molecule has 0 amide bonds. The van der Waals surface area contributed by atoms with E-state index >= 15 is 0 Å². The van der Waals surface area contributed by atoms with Gasteiger partial charge < -0.3 is 0 Å². The molecular formula is C17H20N2OS. The maximum atomic E-state index is 11.3. The van der Waals surface area contributed by atoms with Crippen LogP contribution in [-0.4, -0.2) is 28.8 Å². The molecule has 1 fully saturated rings. The van der Waals surface area contributed by atoms with E-state index in [0.717, 1.165) is 24.5 Å². The fourth-order valence-corrected chi connectivity index (χ4v) is 3.77. The molecule has 1 aliphatic rings. The van der Waals surface area contributed by atoms with E-state index in [2.05, 4.69) is 27.4 Å². The number of hydrogen-bond acceptors (Lipinski definition) is 4. The molecule has 0 aromatic carbocycles. The first-order chi connectivity index (χ1) is 10.2. The van der Waals surface area contributed by atoms with Crippen molar-refractivity contribution in [2.45, 2.75) is 32.2 Å². The van der Waals surface area contributed by atoms with E-state index in [0.29, 0.717) is 5.92 Å². The molecule has 0 bridgehead atoms. The molecule has 2 aromatic rings. The van der Waals surface area contributed by atoms with Crippen molar-refractivity contribution < 1.29 is 4.79 Å². The second-order valence-corrected chi connectivity index (χ2v) is 6.62. The first kappa shape index (κ1) is 14.4. The predicted octanol–water partition coefficient (Wildman–Crippen LogP) is 3.73. The molecule has 3 nitrogen and oxygen atoms in total. The van der Waals surface area contributed by atoms with Crippen LogP contribution in [0, 0.1) is 0 Å². The number of carbonyl (C=O) groups excluding carboxylic acids is 1. The average molecular weight is 300 g/mol. The molecule has 2 aromatic heterocycles. The van der Waals surface area contributed by atoms with Crippen LogP contribution in [0.4, 0.5) is 0 Å². The summed E-state index contributed by atoms with van der Waals surface area (Å²) in [6, 6.07) is 6.32. The third-order valence-electron chi connectivity index (χ3n) is 4.17. The minimum atomic E-state index is 0.169. The third kappa shape index (κ3) is 3.57. The summed E-state index contributed by atoms with van der Waals surface area (Å²) in [5, 5.41) is 2.12. The van der Waals surface area contributed by atoms with Gasteiger partial charge in [-0.2, -0.15) is 0 Å². The number of likely N-dealkylation sites (tertiary alicyclic amines) is 1. The lowest BCUT2D eigenvalue weighted by Gasteiger charge is -2.31. The number of piperidine rings is 1. The molecule has 0 N–H and O–H groups in total. The Balaban J connectivity index is 1.55. The van der Waals surface area contributed by atoms with Crippen molar-refractivity contribution in [3.05, 3.63) is 52.0 Å². The second kappa shape index (κ2) is 6.50. The predicted molar refractivity (Wildman–Crippen MR) is 85.8 cm³/mol. The number of pyridine rings is 1. The van der Waals surface area contributed by atoms with Crippen LogP contribution in [-0.2, 0) is 6.54 Å². The Morgan fingerprint density at radius 1 is 1.33 bits per heavy atom. The van der Waals surface area contributed by atoms with Gasteiger partial charge in [0.2, 0.25) is 0 Å². The molecule has 0 radical (unpaired) electrons. The van der Waals surface area contributed by atoms with E-state index in [9.17, 15) is 4.79 Å². The van der Waals surface area contributed by atoms with E-state index in [1.165, 1.54) is 24.0 Å². The number of hydrogen-bond donors (Lipinski definition) is 0. The lowest BCUT2D eigenvalue weighted by molar-refractivity contribution is 0.102. The van der Waals surface area contributed by atoms with Gasteiger partial charge in [0.15, 0.2) is 5.78 Å². The summed E-state index contributed by atoms with van der Waals surface area (Å²) < 4.78 is 0. The third-order valence-corrected chi connectivity index (χ3v) is 5.25. The van der Waals surface area contributed by atoms with Crippen LogP contribution in [0.15, 0.2) is 36.0 Å². The molecule has 3 rings (SSSR count). The van der Waals surface area contributed by atoms with Crippen LogP contribution in [0.5, 0.6) is 0 Å². The minimum Gasteiger partial charge on any atom is -0.299 e. The quantitative estimate of drug-likeness (QED) is 0.807. The lowest BCUT2D eigenvalue weighted by atomic mass is 9.90. The van der Waals surface area contributed by atoms with Crippen molar-refractivity contribution in [1.82, 2.24) is 9.88 Å². The molecule has 0 aliphatic carbocycles. The Hall–Kier alpha value is -1.52. The van der Waals surface area contributed by atoms with Gasteiger partial charge in [0.25, 0.3) is 0 Å². The first-order valence-corrected chi connectivity index (χ1v) is 8.31. The van der Waals surface area contributed by atoms with Crippen LogP contribution in [0.3, 0.4) is 0 Å². The van der Waals surface area contributed by atoms with Gasteiger partial charge in [-0.1, -0.05) is 0 Å². The number of nitrogens with zero attached hydrogens (tertiary/aromatic N) is 2. The Labute approximate surface area is 129 Å². The topological polar surface area (TPSA) is 33.2 Å². The Bertz CT molecular complexity index is 600. The van der Waals surface area contributed by atoms with Crippen LogP contribution >= 0.6 is 11.3 Å². The summed E-state index contributed by atoms with van der Waals surface area (Å²) in [6.45, 7) is 4.85. The van der Waals surface area contributed by atoms with Gasteiger partial charge in [-0.3, -0.25) is 14.7 Å². The minimum absolute atomic E-state index is 0.169. The maximum absolute atomic E-state index is 11.3. The van der Waals surface area contributed by atoms with Gasteiger partial charge in [0, 0.05) is 18.9 Å². The van der Waals surface area contributed by atoms with Crippen LogP contribution in [0.1, 0.15) is 46.5 Å². The molecule has 0 atom stereocenters. The summed E-state index contributed by atoms with van der Waals surface area (Å²) in [6.07, 6.45) is 6.17. The van der Waals surface area contributed by atoms with Crippen LogP contribution < -0.4 is 0 Å². The maximum Gasteiger partial charge on any atom is 0.169 e. The van der Waals surface area contributed by atoms with Crippen LogP contribution in [0.25, 0.3) is 0 Å². The number of aromatic nitrogens is 1. The number of Topliss-reactive ketones (excluding diaryl/α,β-unsaturated/α-hetero) is 1. The Kier molecular flexibility index (Phi) is 4.46. The first-order valence-electron chi connectivity index (χ1n) is 7.43. The number of thiophene rings is 1. The number of carbonyl (C=O) groups is 1. The monoisotopic (exact) mass is 300 g/mol. The standard InChI is InChI=1S/C17H20N2OS/c1-13(20)17-10-14(12-21-17)11-19-8-4-16(5-9-19)15-2-6-18-7-3-15/h2-3,6-7,10,12,16H,4-5,8-9,11H2,1H3. The summed E-state index contributed by atoms with van der Waals surface area (Å²) >= 11 is 1.56. The van der Waals surface area contributed by atoms with E-state index < -0.39 is 0 Å². The molecule has 110 valence electrons. The van der Waals surface area contributed by atoms with E-state index in [4.69, 9.17) is 0 Å². The molecule has 21 heavy (non-hydrogen) atoms. The van der Waals surface area contributed by atoms with Gasteiger partial charge in [-0.05, 0) is 73.5 Å². The molecule has 0 unspecified atom stereocenters. The van der Waals surface area contributed by atoms with Crippen molar-refractivity contribution in [2.24, 2.45) is 0 Å². The zero-order valence-corrected chi connectivity index (χ0v) is 13.1. The van der Waals surface area contributed by atoms with E-state index in [1.807, 2.05) is 18.5 Å². The zero-order valence-electron chi connectivity index (χ0n) is 12.3. The SMILES string of the molecule is CC(=O)c1cc(CN2CCC(c3ccncc3)CC2)cs1. The lowest BCUT2D eigenvalue weighted by Crippen LogP contribution is -2.32. The van der Waals surface area contributed by atoms with Crippen molar-refractivity contribution in [3.63, 3.8) is 0 Å². The normalized spacial score (nSPS) is 17.0. The highest BCUT2D eigenvalue weighted by molar-refractivity contribution is 7.12. The van der Waals surface area contributed by atoms with E-state index in [-0.39, 0.29) is 5.78 Å². The highest BCUT2D eigenvalue weighted by Crippen LogP contribution is 2.28. The van der Waals surface area contributed by atoms with Crippen LogP contribution in [0.2, 0.25) is 0 Å². The van der Waals surface area contributed by atoms with Gasteiger partial charge in [-0.25, -0.2) is 0 Å². The van der Waals surface area contributed by atoms with Gasteiger partial charge in [0.05, 0.1) is 4.88 Å². The molecule has 4 heteroatoms. The largest absolute Gasteiger partial charge is 0.299 e. The van der Waals surface area contributed by atoms with Gasteiger partial charge in [-0.15, -0.1) is 11.3 Å². The fourth-order valence-electron chi connectivity index (χ4n) is 2.96. The van der Waals surface area contributed by atoms with Gasteiger partial charge >= 0.3 is 0 Å². The zero-order chi connectivity index (χ0) is 14.7. The van der Waals surface area contributed by atoms with Crippen molar-refractivity contribution in [2.75, 3.05) is 13.1 Å². The van der Waals surface area contributed by atoms with E-state index in [1.54, 1.807) is 18.3 Å². The summed E-state index contributed by atoms with van der Waals surface area (Å²) in [5.41, 5.74) is 2.69. The fraction of sp³-hybridized carbons (Fsp3) is 0.412. The van der Waals surface area contributed by atoms with Crippen molar-refractivity contribution in [3.8, 4) is 0 Å². The molecule has 1 aliphatic heterocycles. The molecule has 3 heterocycles. The van der Waals surface area contributed by atoms with Crippen molar-refractivity contribution in [1.29, 1.82) is 0 Å². The average Bonchev–Trinajstić information content (AvgIpc) is 2.98. The Morgan fingerprint density at radius 2 is 2.05 bits per heavy atom. The summed E-state index contributed by atoms with van der Waals surface area (Å²) in [7, 11) is 0.